The zero-order valence-corrected chi connectivity index (χ0v) is 8.88. The maximum atomic E-state index is 11.3. The Labute approximate surface area is 88.9 Å². The first-order valence-corrected chi connectivity index (χ1v) is 4.92. The summed E-state index contributed by atoms with van der Waals surface area (Å²) in [5.41, 5.74) is 0.679. The molecule has 0 aliphatic rings. The average Bonchev–Trinajstić information content (AvgIpc) is 2.28. The number of aromatic nitrogens is 1. The van der Waals surface area contributed by atoms with Crippen molar-refractivity contribution in [1.82, 2.24) is 4.98 Å². The first-order valence-electron chi connectivity index (χ1n) is 4.92. The van der Waals surface area contributed by atoms with Gasteiger partial charge in [0, 0.05) is 17.8 Å². The summed E-state index contributed by atoms with van der Waals surface area (Å²) >= 11 is 0. The number of pyridine rings is 1. The Hall–Kier alpha value is -1.42. The predicted molar refractivity (Wildman–Crippen MR) is 55.3 cm³/mol. The van der Waals surface area contributed by atoms with Crippen LogP contribution in [0.4, 0.5) is 0 Å². The van der Waals surface area contributed by atoms with E-state index in [0.717, 1.165) is 0 Å². The van der Waals surface area contributed by atoms with Crippen LogP contribution in [0.25, 0.3) is 0 Å². The van der Waals surface area contributed by atoms with Crippen molar-refractivity contribution in [3.05, 3.63) is 30.1 Å². The number of carbonyl (C=O) groups is 1. The van der Waals surface area contributed by atoms with Crippen LogP contribution in [0.15, 0.2) is 24.4 Å². The number of aliphatic hydroxyl groups is 1. The van der Waals surface area contributed by atoms with Gasteiger partial charge in [0.25, 0.3) is 0 Å². The van der Waals surface area contributed by atoms with Gasteiger partial charge in [-0.15, -0.1) is 0 Å². The van der Waals surface area contributed by atoms with Crippen LogP contribution in [0.3, 0.4) is 0 Å². The van der Waals surface area contributed by atoms with E-state index in [2.05, 4.69) is 4.98 Å². The van der Waals surface area contributed by atoms with Gasteiger partial charge in [-0.1, -0.05) is 13.0 Å². The fourth-order valence-electron chi connectivity index (χ4n) is 1.24. The molecule has 4 heteroatoms. The van der Waals surface area contributed by atoms with Crippen molar-refractivity contribution < 1.29 is 14.6 Å². The van der Waals surface area contributed by atoms with Gasteiger partial charge in [0.1, 0.15) is 0 Å². The molecule has 0 unspecified atom stereocenters. The van der Waals surface area contributed by atoms with E-state index in [-0.39, 0.29) is 12.5 Å². The van der Waals surface area contributed by atoms with Gasteiger partial charge in [-0.2, -0.15) is 0 Å². The minimum Gasteiger partial charge on any atom is -0.464 e. The van der Waals surface area contributed by atoms with Crippen molar-refractivity contribution in [3.8, 4) is 0 Å². The number of aliphatic hydroxyl groups excluding tert-OH is 1. The van der Waals surface area contributed by atoms with Crippen LogP contribution in [-0.2, 0) is 9.53 Å². The topological polar surface area (TPSA) is 59.4 Å². The molecule has 0 bridgehead atoms. The molecule has 0 saturated heterocycles. The third kappa shape index (κ3) is 3.02. The molecular formula is C11H15NO3. The highest BCUT2D eigenvalue weighted by atomic mass is 16.5. The van der Waals surface area contributed by atoms with Crippen LogP contribution in [0.5, 0.6) is 0 Å². The molecule has 1 aromatic rings. The molecule has 0 amide bonds. The second-order valence-corrected chi connectivity index (χ2v) is 3.24. The van der Waals surface area contributed by atoms with Gasteiger partial charge in [-0.25, -0.2) is 4.79 Å². The summed E-state index contributed by atoms with van der Waals surface area (Å²) in [5.74, 6) is -0.957. The van der Waals surface area contributed by atoms with Gasteiger partial charge < -0.3 is 9.84 Å². The van der Waals surface area contributed by atoms with Crippen LogP contribution in [0.1, 0.15) is 25.5 Å². The molecule has 0 aliphatic carbocycles. The van der Waals surface area contributed by atoms with Gasteiger partial charge in [0.2, 0.25) is 0 Å². The van der Waals surface area contributed by atoms with Crippen molar-refractivity contribution in [1.29, 1.82) is 0 Å². The smallest absolute Gasteiger partial charge is 0.335 e. The molecule has 4 nitrogen and oxygen atoms in total. The van der Waals surface area contributed by atoms with Gasteiger partial charge in [-0.05, 0) is 19.1 Å². The van der Waals surface area contributed by atoms with Crippen molar-refractivity contribution in [2.24, 2.45) is 0 Å². The largest absolute Gasteiger partial charge is 0.464 e. The predicted octanol–water partition coefficient (Wildman–Crippen LogP) is 1.11. The number of hydrogen-bond acceptors (Lipinski definition) is 4. The lowest BCUT2D eigenvalue weighted by atomic mass is 10.0. The molecule has 15 heavy (non-hydrogen) atoms. The van der Waals surface area contributed by atoms with Gasteiger partial charge in [-0.3, -0.25) is 4.98 Å². The number of rotatable bonds is 4. The van der Waals surface area contributed by atoms with Crippen LogP contribution in [0.2, 0.25) is 0 Å². The first kappa shape index (κ1) is 11.7. The summed E-state index contributed by atoms with van der Waals surface area (Å²) in [4.78, 5) is 15.3. The molecule has 0 aliphatic heterocycles. The minimum absolute atomic E-state index is 0.269. The average molecular weight is 209 g/mol. The lowest BCUT2D eigenvalue weighted by Gasteiger charge is -2.16. The zero-order valence-electron chi connectivity index (χ0n) is 8.88. The van der Waals surface area contributed by atoms with Gasteiger partial charge in [0.05, 0.1) is 6.61 Å². The molecular weight excluding hydrogens is 194 g/mol. The van der Waals surface area contributed by atoms with E-state index >= 15 is 0 Å². The van der Waals surface area contributed by atoms with E-state index in [1.807, 2.05) is 6.07 Å². The summed E-state index contributed by atoms with van der Waals surface area (Å²) in [6.07, 6.45) is 0.476. The Bertz CT molecular complexity index is 313. The van der Waals surface area contributed by atoms with Crippen molar-refractivity contribution in [2.75, 3.05) is 6.61 Å². The number of nitrogens with zero attached hydrogens (tertiary/aromatic N) is 1. The molecule has 1 heterocycles. The van der Waals surface area contributed by atoms with Crippen molar-refractivity contribution in [3.63, 3.8) is 0 Å². The molecule has 1 N–H and O–H groups in total. The molecule has 0 saturated carbocycles. The molecule has 1 rings (SSSR count). The Morgan fingerprint density at radius 3 is 2.87 bits per heavy atom. The summed E-state index contributed by atoms with van der Waals surface area (Å²) in [5, 5.41) is 9.66. The fraction of sp³-hybridized carbons (Fsp3) is 0.455. The van der Waals surface area contributed by atoms with E-state index in [4.69, 9.17) is 4.74 Å². The Balaban J connectivity index is 2.68. The number of hydrogen-bond donors (Lipinski definition) is 1. The van der Waals surface area contributed by atoms with Crippen LogP contribution in [-0.4, -0.2) is 28.8 Å². The van der Waals surface area contributed by atoms with E-state index < -0.39 is 12.1 Å². The monoisotopic (exact) mass is 209 g/mol. The first-order chi connectivity index (χ1) is 7.16. The molecule has 2 atom stereocenters. The van der Waals surface area contributed by atoms with E-state index in [9.17, 15) is 9.90 Å². The highest BCUT2D eigenvalue weighted by Crippen LogP contribution is 2.17. The number of carbonyl (C=O) groups excluding carboxylic acids is 1. The molecule has 0 spiro atoms. The second-order valence-electron chi connectivity index (χ2n) is 3.24. The van der Waals surface area contributed by atoms with Crippen molar-refractivity contribution in [2.45, 2.75) is 25.9 Å². The third-order valence-corrected chi connectivity index (χ3v) is 2.16. The summed E-state index contributed by atoms with van der Waals surface area (Å²) in [6.45, 7) is 3.71. The second kappa shape index (κ2) is 5.46. The van der Waals surface area contributed by atoms with Crippen LogP contribution < -0.4 is 0 Å². The molecule has 0 aromatic carbocycles. The van der Waals surface area contributed by atoms with Crippen LogP contribution in [0, 0.1) is 0 Å². The summed E-state index contributed by atoms with van der Waals surface area (Å²) < 4.78 is 4.73. The quantitative estimate of drug-likeness (QED) is 0.754. The Morgan fingerprint density at radius 2 is 2.33 bits per heavy atom. The van der Waals surface area contributed by atoms with E-state index in [0.29, 0.717) is 5.69 Å². The highest BCUT2D eigenvalue weighted by Gasteiger charge is 2.25. The molecule has 1 aromatic heterocycles. The minimum atomic E-state index is -1.15. The number of ether oxygens (including phenoxy) is 1. The zero-order chi connectivity index (χ0) is 11.3. The molecule has 0 radical (unpaired) electrons. The highest BCUT2D eigenvalue weighted by molar-refractivity contribution is 5.75. The van der Waals surface area contributed by atoms with Gasteiger partial charge in [0.15, 0.2) is 6.10 Å². The van der Waals surface area contributed by atoms with Crippen molar-refractivity contribution >= 4 is 5.97 Å². The fourth-order valence-corrected chi connectivity index (χ4v) is 1.24. The maximum absolute atomic E-state index is 11.3. The maximum Gasteiger partial charge on any atom is 0.335 e. The summed E-state index contributed by atoms with van der Waals surface area (Å²) in [7, 11) is 0. The standard InChI is InChI=1S/C11H15NO3/c1-3-15-11(14)10(13)8(2)9-6-4-5-7-12-9/h4-8,10,13H,3H2,1-2H3/t8-,10+/m0/s1. The summed E-state index contributed by atoms with van der Waals surface area (Å²) in [6, 6.07) is 5.37. The normalized spacial score (nSPS) is 14.3. The third-order valence-electron chi connectivity index (χ3n) is 2.16. The Morgan fingerprint density at radius 1 is 1.60 bits per heavy atom. The number of esters is 1. The van der Waals surface area contributed by atoms with Gasteiger partial charge >= 0.3 is 5.97 Å². The SMILES string of the molecule is CCOC(=O)[C@H](O)[C@@H](C)c1ccccn1. The van der Waals surface area contributed by atoms with E-state index in [1.165, 1.54) is 0 Å². The molecule has 0 fully saturated rings. The molecule has 82 valence electrons. The lowest BCUT2D eigenvalue weighted by Crippen LogP contribution is -2.28. The Kier molecular flexibility index (Phi) is 4.24. The lowest BCUT2D eigenvalue weighted by molar-refractivity contribution is -0.154. The van der Waals surface area contributed by atoms with E-state index in [1.54, 1.807) is 32.2 Å². The van der Waals surface area contributed by atoms with Crippen LogP contribution >= 0.6 is 0 Å².